The first-order chi connectivity index (χ1) is 6.19. The third-order valence-electron chi connectivity index (χ3n) is 1.78. The van der Waals surface area contributed by atoms with Crippen molar-refractivity contribution < 1.29 is 14.2 Å². The van der Waals surface area contributed by atoms with Crippen LogP contribution in [0.3, 0.4) is 0 Å². The fraction of sp³-hybridized carbons (Fsp3) is 0.333. The predicted molar refractivity (Wildman–Crippen MR) is 47.0 cm³/mol. The Bertz CT molecular complexity index is 291. The molecular weight excluding hydrogens is 173 g/mol. The van der Waals surface area contributed by atoms with Crippen LogP contribution in [0.1, 0.15) is 11.7 Å². The lowest BCUT2D eigenvalue weighted by molar-refractivity contribution is 0.182. The van der Waals surface area contributed by atoms with Gasteiger partial charge < -0.3 is 15.6 Å². The second kappa shape index (κ2) is 4.20. The number of hydrogen-bond donors (Lipinski definition) is 2. The maximum Gasteiger partial charge on any atom is 0.127 e. The van der Waals surface area contributed by atoms with Crippen molar-refractivity contribution >= 4 is 0 Å². The molecule has 1 aromatic rings. The van der Waals surface area contributed by atoms with Crippen molar-refractivity contribution in [2.45, 2.75) is 6.10 Å². The summed E-state index contributed by atoms with van der Waals surface area (Å²) in [4.78, 5) is 0. The first-order valence-corrected chi connectivity index (χ1v) is 3.90. The average molecular weight is 185 g/mol. The van der Waals surface area contributed by atoms with Crippen molar-refractivity contribution in [1.29, 1.82) is 0 Å². The summed E-state index contributed by atoms with van der Waals surface area (Å²) < 4.78 is 17.6. The lowest BCUT2D eigenvalue weighted by atomic mass is 10.1. The highest BCUT2D eigenvalue weighted by Crippen LogP contribution is 2.25. The summed E-state index contributed by atoms with van der Waals surface area (Å²) >= 11 is 0. The molecule has 0 saturated carbocycles. The van der Waals surface area contributed by atoms with Gasteiger partial charge in [0.15, 0.2) is 0 Å². The summed E-state index contributed by atoms with van der Waals surface area (Å²) in [7, 11) is 1.42. The van der Waals surface area contributed by atoms with Gasteiger partial charge in [-0.05, 0) is 12.1 Å². The van der Waals surface area contributed by atoms with Crippen molar-refractivity contribution in [2.75, 3.05) is 13.7 Å². The van der Waals surface area contributed by atoms with Gasteiger partial charge in [-0.25, -0.2) is 4.39 Å². The maximum absolute atomic E-state index is 12.7. The topological polar surface area (TPSA) is 55.5 Å². The third kappa shape index (κ3) is 2.17. The third-order valence-corrected chi connectivity index (χ3v) is 1.78. The molecule has 0 radical (unpaired) electrons. The molecule has 1 aromatic carbocycles. The van der Waals surface area contributed by atoms with Crippen LogP contribution in [0, 0.1) is 5.82 Å². The molecular formula is C9H12FNO2. The molecule has 13 heavy (non-hydrogen) atoms. The molecule has 3 nitrogen and oxygen atoms in total. The number of aliphatic hydroxyl groups excluding tert-OH is 1. The molecule has 0 aromatic heterocycles. The Hall–Kier alpha value is -1.13. The smallest absolute Gasteiger partial charge is 0.127 e. The van der Waals surface area contributed by atoms with Crippen LogP contribution in [-0.4, -0.2) is 18.8 Å². The molecule has 0 heterocycles. The van der Waals surface area contributed by atoms with Crippen molar-refractivity contribution in [1.82, 2.24) is 0 Å². The molecule has 3 N–H and O–H groups in total. The standard InChI is InChI=1S/C9H12FNO2/c1-13-9-4-6(10)2-3-7(9)8(12)5-11/h2-4,8,12H,5,11H2,1H3/t8-/m0/s1. The zero-order valence-corrected chi connectivity index (χ0v) is 7.33. The van der Waals surface area contributed by atoms with E-state index in [0.717, 1.165) is 0 Å². The van der Waals surface area contributed by atoms with Gasteiger partial charge in [0.05, 0.1) is 13.2 Å². The van der Waals surface area contributed by atoms with Gasteiger partial charge in [-0.1, -0.05) is 0 Å². The highest BCUT2D eigenvalue weighted by atomic mass is 19.1. The van der Waals surface area contributed by atoms with Crippen LogP contribution >= 0.6 is 0 Å². The van der Waals surface area contributed by atoms with E-state index >= 15 is 0 Å². The zero-order valence-electron chi connectivity index (χ0n) is 7.33. The number of hydrogen-bond acceptors (Lipinski definition) is 3. The van der Waals surface area contributed by atoms with Gasteiger partial charge in [0, 0.05) is 18.2 Å². The molecule has 4 heteroatoms. The Morgan fingerprint density at radius 2 is 2.31 bits per heavy atom. The molecule has 0 saturated heterocycles. The maximum atomic E-state index is 12.7. The summed E-state index contributed by atoms with van der Waals surface area (Å²) in [6.45, 7) is 0.0853. The van der Waals surface area contributed by atoms with Crippen LogP contribution < -0.4 is 10.5 Å². The minimum atomic E-state index is -0.810. The summed E-state index contributed by atoms with van der Waals surface area (Å²) in [5.74, 6) is -0.0808. The van der Waals surface area contributed by atoms with E-state index in [9.17, 15) is 9.50 Å². The highest BCUT2D eigenvalue weighted by Gasteiger charge is 2.11. The van der Waals surface area contributed by atoms with E-state index in [0.29, 0.717) is 11.3 Å². The fourth-order valence-electron chi connectivity index (χ4n) is 1.09. The summed E-state index contributed by atoms with van der Waals surface area (Å²) in [6, 6.07) is 3.94. The molecule has 0 aliphatic rings. The molecule has 0 bridgehead atoms. The molecule has 1 rings (SSSR count). The molecule has 0 fully saturated rings. The van der Waals surface area contributed by atoms with E-state index in [1.54, 1.807) is 0 Å². The highest BCUT2D eigenvalue weighted by molar-refractivity contribution is 5.35. The minimum absolute atomic E-state index is 0.0853. The van der Waals surface area contributed by atoms with Crippen LogP contribution in [0.5, 0.6) is 5.75 Å². The van der Waals surface area contributed by atoms with Gasteiger partial charge in [-0.3, -0.25) is 0 Å². The number of ether oxygens (including phenoxy) is 1. The molecule has 0 aliphatic heterocycles. The van der Waals surface area contributed by atoms with Crippen molar-refractivity contribution in [3.8, 4) is 5.75 Å². The second-order valence-electron chi connectivity index (χ2n) is 2.64. The molecule has 72 valence electrons. The van der Waals surface area contributed by atoms with E-state index < -0.39 is 11.9 Å². The fourth-order valence-corrected chi connectivity index (χ4v) is 1.09. The number of halogens is 1. The van der Waals surface area contributed by atoms with E-state index in [-0.39, 0.29) is 6.54 Å². The first-order valence-electron chi connectivity index (χ1n) is 3.90. The van der Waals surface area contributed by atoms with E-state index in [2.05, 4.69) is 0 Å². The lowest BCUT2D eigenvalue weighted by Crippen LogP contribution is -2.12. The molecule has 0 amide bonds. The molecule has 0 unspecified atom stereocenters. The Labute approximate surface area is 75.9 Å². The van der Waals surface area contributed by atoms with Crippen LogP contribution in [-0.2, 0) is 0 Å². The van der Waals surface area contributed by atoms with Gasteiger partial charge in [0.25, 0.3) is 0 Å². The Balaban J connectivity index is 3.05. The molecule has 0 spiro atoms. The van der Waals surface area contributed by atoms with Gasteiger partial charge in [0.1, 0.15) is 11.6 Å². The van der Waals surface area contributed by atoms with E-state index in [4.69, 9.17) is 10.5 Å². The van der Waals surface area contributed by atoms with Crippen LogP contribution in [0.15, 0.2) is 18.2 Å². The van der Waals surface area contributed by atoms with E-state index in [1.807, 2.05) is 0 Å². The number of methoxy groups -OCH3 is 1. The average Bonchev–Trinajstić information content (AvgIpc) is 2.16. The van der Waals surface area contributed by atoms with Gasteiger partial charge >= 0.3 is 0 Å². The van der Waals surface area contributed by atoms with Crippen molar-refractivity contribution in [2.24, 2.45) is 5.73 Å². The largest absolute Gasteiger partial charge is 0.496 e. The SMILES string of the molecule is COc1cc(F)ccc1[C@@H](O)CN. The summed E-state index contributed by atoms with van der Waals surface area (Å²) in [5, 5.41) is 9.40. The van der Waals surface area contributed by atoms with Gasteiger partial charge in [-0.15, -0.1) is 0 Å². The number of benzene rings is 1. The van der Waals surface area contributed by atoms with Crippen LogP contribution in [0.25, 0.3) is 0 Å². The van der Waals surface area contributed by atoms with Gasteiger partial charge in [-0.2, -0.15) is 0 Å². The van der Waals surface area contributed by atoms with Crippen LogP contribution in [0.2, 0.25) is 0 Å². The minimum Gasteiger partial charge on any atom is -0.496 e. The van der Waals surface area contributed by atoms with Crippen molar-refractivity contribution in [3.05, 3.63) is 29.6 Å². The number of rotatable bonds is 3. The van der Waals surface area contributed by atoms with Crippen LogP contribution in [0.4, 0.5) is 4.39 Å². The Morgan fingerprint density at radius 1 is 1.62 bits per heavy atom. The summed E-state index contributed by atoms with van der Waals surface area (Å²) in [5.41, 5.74) is 5.77. The first kappa shape index (κ1) is 9.95. The second-order valence-corrected chi connectivity index (χ2v) is 2.64. The Kier molecular flexibility index (Phi) is 3.22. The number of nitrogens with two attached hydrogens (primary N) is 1. The van der Waals surface area contributed by atoms with E-state index in [1.165, 1.54) is 25.3 Å². The van der Waals surface area contributed by atoms with Crippen molar-refractivity contribution in [3.63, 3.8) is 0 Å². The van der Waals surface area contributed by atoms with Gasteiger partial charge in [0.2, 0.25) is 0 Å². The normalized spacial score (nSPS) is 12.6. The number of aliphatic hydroxyl groups is 1. The summed E-state index contributed by atoms with van der Waals surface area (Å²) in [6.07, 6.45) is -0.810. The zero-order chi connectivity index (χ0) is 9.84. The molecule has 1 atom stereocenters. The predicted octanol–water partition coefficient (Wildman–Crippen LogP) is 0.826. The quantitative estimate of drug-likeness (QED) is 0.733. The monoisotopic (exact) mass is 185 g/mol. The molecule has 0 aliphatic carbocycles. The Morgan fingerprint density at radius 3 is 2.85 bits per heavy atom. The lowest BCUT2D eigenvalue weighted by Gasteiger charge is -2.12.